The molecular weight excluding hydrogens is 556 g/mol. The predicted octanol–water partition coefficient (Wildman–Crippen LogP) is 3.00. The summed E-state index contributed by atoms with van der Waals surface area (Å²) < 4.78 is 12.3. The van der Waals surface area contributed by atoms with Crippen molar-refractivity contribution in [1.29, 1.82) is 0 Å². The molecule has 0 unspecified atom stereocenters. The van der Waals surface area contributed by atoms with Crippen molar-refractivity contribution >= 4 is 39.3 Å². The largest absolute Gasteiger partial charge is 0.471 e. The number of pyridine rings is 1. The molecular formula is C30H34N6O5S. The number of nitrogens with one attached hydrogen (secondary N) is 1. The van der Waals surface area contributed by atoms with E-state index < -0.39 is 35.6 Å². The number of hydrogen-bond acceptors (Lipinski definition) is 10. The zero-order chi connectivity index (χ0) is 29.3. The molecule has 11 nitrogen and oxygen atoms in total. The summed E-state index contributed by atoms with van der Waals surface area (Å²) in [4.78, 5) is 55.4. The van der Waals surface area contributed by atoms with Gasteiger partial charge in [0.15, 0.2) is 5.82 Å². The highest BCUT2D eigenvalue weighted by Gasteiger charge is 2.62. The van der Waals surface area contributed by atoms with E-state index in [4.69, 9.17) is 15.2 Å². The molecule has 3 N–H and O–H groups in total. The third-order valence-electron chi connectivity index (χ3n) is 8.28. The lowest BCUT2D eigenvalue weighted by Crippen LogP contribution is -2.55. The summed E-state index contributed by atoms with van der Waals surface area (Å²) in [5, 5.41) is 4.86. The number of allylic oxidation sites excluding steroid dienone is 1. The molecule has 1 saturated heterocycles. The summed E-state index contributed by atoms with van der Waals surface area (Å²) in [6.45, 7) is 0.162. The maximum Gasteiger partial charge on any atom is 0.332 e. The summed E-state index contributed by atoms with van der Waals surface area (Å²) >= 11 is 1.45. The van der Waals surface area contributed by atoms with Gasteiger partial charge in [0, 0.05) is 18.5 Å². The Morgan fingerprint density at radius 2 is 2.07 bits per heavy atom. The first-order chi connectivity index (χ1) is 20.4. The summed E-state index contributed by atoms with van der Waals surface area (Å²) in [6.07, 6.45) is 9.97. The number of thiophene rings is 1. The zero-order valence-corrected chi connectivity index (χ0v) is 24.2. The van der Waals surface area contributed by atoms with E-state index in [2.05, 4.69) is 26.3 Å². The van der Waals surface area contributed by atoms with Gasteiger partial charge in [0.25, 0.3) is 0 Å². The molecule has 6 rings (SSSR count). The van der Waals surface area contributed by atoms with Crippen molar-refractivity contribution in [3.63, 3.8) is 0 Å². The van der Waals surface area contributed by atoms with E-state index in [0.717, 1.165) is 35.9 Å². The number of ether oxygens (including phenoxy) is 2. The van der Waals surface area contributed by atoms with E-state index in [1.807, 2.05) is 35.7 Å². The van der Waals surface area contributed by atoms with E-state index in [1.54, 1.807) is 6.20 Å². The molecule has 5 heterocycles. The van der Waals surface area contributed by atoms with Gasteiger partial charge in [-0.3, -0.25) is 14.6 Å². The average molecular weight is 591 g/mol. The Morgan fingerprint density at radius 1 is 1.19 bits per heavy atom. The van der Waals surface area contributed by atoms with Crippen LogP contribution in [0.5, 0.6) is 5.88 Å². The number of fused-ring (bicyclic) bond motifs is 3. The van der Waals surface area contributed by atoms with Gasteiger partial charge in [-0.1, -0.05) is 31.1 Å². The number of hydrogen-bond donors (Lipinski definition) is 2. The minimum Gasteiger partial charge on any atom is -0.471 e. The number of nitrogens with zero attached hydrogens (tertiary/aromatic N) is 4. The minimum absolute atomic E-state index is 0.156. The fourth-order valence-electron chi connectivity index (χ4n) is 5.89. The maximum atomic E-state index is 13.8. The molecule has 3 aliphatic rings. The second kappa shape index (κ2) is 11.8. The van der Waals surface area contributed by atoms with Crippen LogP contribution in [0.1, 0.15) is 44.9 Å². The van der Waals surface area contributed by atoms with E-state index >= 15 is 0 Å². The first-order valence-electron chi connectivity index (χ1n) is 14.4. The van der Waals surface area contributed by atoms with Crippen LogP contribution in [0.4, 0.5) is 0 Å². The summed E-state index contributed by atoms with van der Waals surface area (Å²) in [6, 6.07) is 5.80. The molecule has 2 aliphatic heterocycles. The van der Waals surface area contributed by atoms with Gasteiger partial charge in [-0.15, -0.1) is 11.3 Å². The van der Waals surface area contributed by atoms with Gasteiger partial charge in [-0.25, -0.2) is 9.78 Å². The molecule has 42 heavy (non-hydrogen) atoms. The number of rotatable bonds is 4. The van der Waals surface area contributed by atoms with Crippen molar-refractivity contribution in [2.75, 3.05) is 13.7 Å². The summed E-state index contributed by atoms with van der Waals surface area (Å²) in [5.74, 6) is -0.565. The Labute approximate surface area is 247 Å². The molecule has 5 atom stereocenters. The van der Waals surface area contributed by atoms with Crippen LogP contribution in [0.25, 0.3) is 21.7 Å². The third-order valence-corrected chi connectivity index (χ3v) is 9.17. The highest BCUT2D eigenvalue weighted by atomic mass is 32.1. The standard InChI is InChI=1S/C30H34N6O5S/c1-40-29(39)30-16-18(30)9-5-3-2-4-6-10-20(31)28(38)36-17-19(15-23(36)26(37)35-30)41-27-24-21(12-14-42-24)33-25(34-27)22-11-7-8-13-32-22/h5,7-9,11-14,18-20,23H,2-4,6,10,15-17,31H2,1H3,(H,35,37)/b9-5-/t18-,19-,20+,23+,30-/m1/s1. The molecule has 1 saturated carbocycles. The number of carbonyl (C=O) groups excluding carboxylic acids is 3. The van der Waals surface area contributed by atoms with Crippen LogP contribution in [-0.2, 0) is 19.1 Å². The van der Waals surface area contributed by atoms with Crippen molar-refractivity contribution < 1.29 is 23.9 Å². The van der Waals surface area contributed by atoms with Gasteiger partial charge in [-0.2, -0.15) is 4.98 Å². The Bertz CT molecular complexity index is 1510. The SMILES string of the molecule is COC(=O)[C@@]12C[C@H]1/C=C\CCCCC[C@H](N)C(=O)N1C[C@H](Oc3nc(-c4ccccn4)nc4ccsc34)C[C@H]1C(=O)N2. The van der Waals surface area contributed by atoms with Gasteiger partial charge in [0.1, 0.15) is 28.1 Å². The number of methoxy groups -OCH3 is 1. The van der Waals surface area contributed by atoms with E-state index in [1.165, 1.54) is 23.3 Å². The Balaban J connectivity index is 1.29. The van der Waals surface area contributed by atoms with Crippen molar-refractivity contribution in [3.05, 3.63) is 48.0 Å². The molecule has 1 aliphatic carbocycles. The number of amides is 2. The third kappa shape index (κ3) is 5.48. The van der Waals surface area contributed by atoms with E-state index in [9.17, 15) is 14.4 Å². The molecule has 3 aromatic rings. The topological polar surface area (TPSA) is 150 Å². The molecule has 0 aromatic carbocycles. The molecule has 3 aromatic heterocycles. The van der Waals surface area contributed by atoms with Crippen LogP contribution in [0.15, 0.2) is 48.0 Å². The zero-order valence-electron chi connectivity index (χ0n) is 23.4. The Kier molecular flexibility index (Phi) is 7.91. The summed E-state index contributed by atoms with van der Waals surface area (Å²) in [7, 11) is 1.32. The lowest BCUT2D eigenvalue weighted by Gasteiger charge is -2.28. The van der Waals surface area contributed by atoms with Gasteiger partial charge in [-0.05, 0) is 49.3 Å². The van der Waals surface area contributed by atoms with Gasteiger partial charge >= 0.3 is 5.97 Å². The van der Waals surface area contributed by atoms with Crippen LogP contribution in [0, 0.1) is 5.92 Å². The second-order valence-corrected chi connectivity index (χ2v) is 12.0. The first-order valence-corrected chi connectivity index (χ1v) is 15.2. The van der Waals surface area contributed by atoms with Gasteiger partial charge in [0.2, 0.25) is 17.7 Å². The lowest BCUT2D eigenvalue weighted by atomic mass is 10.1. The highest BCUT2D eigenvalue weighted by molar-refractivity contribution is 7.17. The van der Waals surface area contributed by atoms with Gasteiger partial charge < -0.3 is 25.4 Å². The number of nitrogens with two attached hydrogens (primary N) is 1. The smallest absolute Gasteiger partial charge is 0.332 e. The van der Waals surface area contributed by atoms with Crippen molar-refractivity contribution in [2.45, 2.75) is 68.7 Å². The molecule has 0 spiro atoms. The first kappa shape index (κ1) is 28.2. The molecule has 2 amide bonds. The van der Waals surface area contributed by atoms with Crippen molar-refractivity contribution in [3.8, 4) is 17.4 Å². The Morgan fingerprint density at radius 3 is 2.88 bits per heavy atom. The van der Waals surface area contributed by atoms with Crippen LogP contribution >= 0.6 is 11.3 Å². The normalized spacial score (nSPS) is 29.0. The molecule has 0 radical (unpaired) electrons. The minimum atomic E-state index is -1.13. The van der Waals surface area contributed by atoms with Crippen molar-refractivity contribution in [2.24, 2.45) is 11.7 Å². The molecule has 0 bridgehead atoms. The Hall–Kier alpha value is -3.90. The van der Waals surface area contributed by atoms with Crippen LogP contribution in [0.2, 0.25) is 0 Å². The quantitative estimate of drug-likeness (QED) is 0.345. The van der Waals surface area contributed by atoms with E-state index in [-0.39, 0.29) is 24.8 Å². The van der Waals surface area contributed by atoms with Crippen molar-refractivity contribution in [1.82, 2.24) is 25.2 Å². The highest BCUT2D eigenvalue weighted by Crippen LogP contribution is 2.46. The predicted molar refractivity (Wildman–Crippen MR) is 156 cm³/mol. The lowest BCUT2D eigenvalue weighted by molar-refractivity contribution is -0.148. The second-order valence-electron chi connectivity index (χ2n) is 11.1. The van der Waals surface area contributed by atoms with Crippen LogP contribution in [0.3, 0.4) is 0 Å². The monoisotopic (exact) mass is 590 g/mol. The molecule has 12 heteroatoms. The van der Waals surface area contributed by atoms with E-state index in [0.29, 0.717) is 30.2 Å². The fraction of sp³-hybridized carbons (Fsp3) is 0.467. The number of esters is 1. The molecule has 2 fully saturated rings. The molecule has 220 valence electrons. The van der Waals surface area contributed by atoms with Crippen LogP contribution in [-0.4, -0.2) is 75.0 Å². The van der Waals surface area contributed by atoms with Gasteiger partial charge in [0.05, 0.1) is 25.2 Å². The number of aromatic nitrogens is 3. The fourth-order valence-corrected chi connectivity index (χ4v) is 6.66. The maximum absolute atomic E-state index is 13.8. The van der Waals surface area contributed by atoms with Crippen LogP contribution < -0.4 is 15.8 Å². The number of carbonyl (C=O) groups is 3. The average Bonchev–Trinajstić information content (AvgIpc) is 3.31. The summed E-state index contributed by atoms with van der Waals surface area (Å²) in [5.41, 5.74) is 6.56.